The minimum atomic E-state index is -0.306. The molecule has 0 aliphatic carbocycles. The number of amides is 2. The van der Waals surface area contributed by atoms with Crippen LogP contribution in [-0.4, -0.2) is 31.0 Å². The molecule has 2 amide bonds. The Kier molecular flexibility index (Phi) is 3.59. The monoisotopic (exact) mass is 263 g/mol. The van der Waals surface area contributed by atoms with Crippen molar-refractivity contribution in [2.45, 2.75) is 20.0 Å². The molecule has 0 unspecified atom stereocenters. The summed E-state index contributed by atoms with van der Waals surface area (Å²) in [6.45, 7) is 4.11. The lowest BCUT2D eigenvalue weighted by Crippen LogP contribution is -2.51. The third-order valence-electron chi connectivity index (χ3n) is 2.67. The molecule has 3 N–H and O–H groups in total. The molecule has 1 heterocycles. The van der Waals surface area contributed by atoms with Crippen molar-refractivity contribution >= 4 is 23.2 Å². The number of anilines is 2. The quantitative estimate of drug-likeness (QED) is 0.613. The fraction of sp³-hybridized carbons (Fsp3) is 0.385. The van der Waals surface area contributed by atoms with Crippen molar-refractivity contribution in [3.05, 3.63) is 18.2 Å². The average molecular weight is 263 g/mol. The van der Waals surface area contributed by atoms with Crippen LogP contribution in [0.4, 0.5) is 11.4 Å². The topological polar surface area (TPSA) is 84.7 Å². The van der Waals surface area contributed by atoms with Crippen LogP contribution in [0.2, 0.25) is 0 Å². The Morgan fingerprint density at radius 2 is 1.89 bits per heavy atom. The molecule has 0 aromatic heterocycles. The van der Waals surface area contributed by atoms with Gasteiger partial charge in [-0.3, -0.25) is 14.9 Å². The molecule has 1 aromatic carbocycles. The number of benzene rings is 1. The standard InChI is InChI=1S/C13H17N3O3/c1-8(2)19-11-5-9(3-4-10(11)14)16-6-12(17)15-13(18)7-16/h3-5,8H,6-7,14H2,1-2H3,(H,15,17,18). The van der Waals surface area contributed by atoms with Crippen molar-refractivity contribution < 1.29 is 14.3 Å². The fourth-order valence-electron chi connectivity index (χ4n) is 1.90. The van der Waals surface area contributed by atoms with Crippen molar-refractivity contribution in [3.63, 3.8) is 0 Å². The highest BCUT2D eigenvalue weighted by Crippen LogP contribution is 2.28. The number of nitrogen functional groups attached to an aromatic ring is 1. The Balaban J connectivity index is 2.24. The number of piperazine rings is 1. The largest absolute Gasteiger partial charge is 0.489 e. The molecule has 0 radical (unpaired) electrons. The summed E-state index contributed by atoms with van der Waals surface area (Å²) in [6.07, 6.45) is 0.00355. The summed E-state index contributed by atoms with van der Waals surface area (Å²) in [5.41, 5.74) is 7.11. The maximum atomic E-state index is 11.4. The van der Waals surface area contributed by atoms with Gasteiger partial charge in [0.05, 0.1) is 24.9 Å². The normalized spacial score (nSPS) is 15.6. The number of nitrogens with two attached hydrogens (primary N) is 1. The van der Waals surface area contributed by atoms with Crippen molar-refractivity contribution in [1.29, 1.82) is 0 Å². The van der Waals surface area contributed by atoms with Crippen molar-refractivity contribution in [2.24, 2.45) is 0 Å². The minimum Gasteiger partial charge on any atom is -0.489 e. The molecular weight excluding hydrogens is 246 g/mol. The lowest BCUT2D eigenvalue weighted by molar-refractivity contribution is -0.130. The van der Waals surface area contributed by atoms with Gasteiger partial charge in [-0.05, 0) is 26.0 Å². The lowest BCUT2D eigenvalue weighted by Gasteiger charge is -2.28. The van der Waals surface area contributed by atoms with Gasteiger partial charge in [0, 0.05) is 11.8 Å². The molecule has 6 nitrogen and oxygen atoms in total. The van der Waals surface area contributed by atoms with Gasteiger partial charge in [-0.2, -0.15) is 0 Å². The van der Waals surface area contributed by atoms with Crippen molar-refractivity contribution in [3.8, 4) is 5.75 Å². The van der Waals surface area contributed by atoms with E-state index in [0.717, 1.165) is 5.69 Å². The van der Waals surface area contributed by atoms with Crippen molar-refractivity contribution in [2.75, 3.05) is 23.7 Å². The summed E-state index contributed by atoms with van der Waals surface area (Å²) < 4.78 is 5.59. The maximum absolute atomic E-state index is 11.4. The van der Waals surface area contributed by atoms with Gasteiger partial charge in [0.15, 0.2) is 0 Å². The average Bonchev–Trinajstić information content (AvgIpc) is 2.30. The number of hydrogen-bond donors (Lipinski definition) is 2. The number of carbonyl (C=O) groups excluding carboxylic acids is 2. The van der Waals surface area contributed by atoms with E-state index in [1.54, 1.807) is 23.1 Å². The highest BCUT2D eigenvalue weighted by Gasteiger charge is 2.23. The van der Waals surface area contributed by atoms with Gasteiger partial charge in [-0.1, -0.05) is 0 Å². The van der Waals surface area contributed by atoms with Gasteiger partial charge >= 0.3 is 0 Å². The van der Waals surface area contributed by atoms with Crippen LogP contribution >= 0.6 is 0 Å². The van der Waals surface area contributed by atoms with Gasteiger partial charge in [0.2, 0.25) is 11.8 Å². The van der Waals surface area contributed by atoms with E-state index < -0.39 is 0 Å². The van der Waals surface area contributed by atoms with E-state index in [2.05, 4.69) is 5.32 Å². The molecule has 0 atom stereocenters. The van der Waals surface area contributed by atoms with E-state index >= 15 is 0 Å². The van der Waals surface area contributed by atoms with Crippen LogP contribution in [0.3, 0.4) is 0 Å². The number of hydrogen-bond acceptors (Lipinski definition) is 5. The van der Waals surface area contributed by atoms with Gasteiger partial charge in [0.25, 0.3) is 0 Å². The number of nitrogens with zero attached hydrogens (tertiary/aromatic N) is 1. The van der Waals surface area contributed by atoms with Crippen molar-refractivity contribution in [1.82, 2.24) is 5.32 Å². The molecule has 0 bridgehead atoms. The van der Waals surface area contributed by atoms with E-state index in [1.807, 2.05) is 13.8 Å². The number of nitrogens with one attached hydrogen (secondary N) is 1. The summed E-state index contributed by atoms with van der Waals surface area (Å²) in [4.78, 5) is 24.4. The zero-order valence-electron chi connectivity index (χ0n) is 11.0. The Morgan fingerprint density at radius 1 is 1.26 bits per heavy atom. The van der Waals surface area contributed by atoms with Gasteiger partial charge < -0.3 is 15.4 Å². The van der Waals surface area contributed by atoms with Crippen LogP contribution in [0.5, 0.6) is 5.75 Å². The van der Waals surface area contributed by atoms with E-state index in [0.29, 0.717) is 11.4 Å². The summed E-state index contributed by atoms with van der Waals surface area (Å²) in [5.74, 6) is -0.0512. The predicted molar refractivity (Wildman–Crippen MR) is 72.0 cm³/mol. The fourth-order valence-corrected chi connectivity index (χ4v) is 1.90. The molecule has 2 rings (SSSR count). The second-order valence-corrected chi connectivity index (χ2v) is 4.72. The molecule has 1 aliphatic rings. The molecule has 19 heavy (non-hydrogen) atoms. The molecule has 0 saturated carbocycles. The highest BCUT2D eigenvalue weighted by atomic mass is 16.5. The van der Waals surface area contributed by atoms with Gasteiger partial charge in [-0.25, -0.2) is 0 Å². The number of ether oxygens (including phenoxy) is 1. The Morgan fingerprint density at radius 3 is 2.47 bits per heavy atom. The van der Waals surface area contributed by atoms with E-state index in [1.165, 1.54) is 0 Å². The number of rotatable bonds is 3. The Hall–Kier alpha value is -2.24. The molecular formula is C13H17N3O3. The van der Waals surface area contributed by atoms with Crippen LogP contribution in [0.25, 0.3) is 0 Å². The molecule has 1 fully saturated rings. The van der Waals surface area contributed by atoms with E-state index in [4.69, 9.17) is 10.5 Å². The third-order valence-corrected chi connectivity index (χ3v) is 2.67. The Bertz CT molecular complexity index is 498. The second kappa shape index (κ2) is 5.17. The molecule has 0 spiro atoms. The summed E-state index contributed by atoms with van der Waals surface area (Å²) in [5, 5.41) is 2.26. The first-order valence-corrected chi connectivity index (χ1v) is 6.09. The first-order chi connectivity index (χ1) is 8.95. The van der Waals surface area contributed by atoms with Crippen LogP contribution in [0, 0.1) is 0 Å². The highest BCUT2D eigenvalue weighted by molar-refractivity contribution is 6.02. The summed E-state index contributed by atoms with van der Waals surface area (Å²) in [6, 6.07) is 5.24. The number of carbonyl (C=O) groups is 2. The van der Waals surface area contributed by atoms with Crippen LogP contribution in [0.1, 0.15) is 13.8 Å². The van der Waals surface area contributed by atoms with E-state index in [9.17, 15) is 9.59 Å². The smallest absolute Gasteiger partial charge is 0.246 e. The first kappa shape index (κ1) is 13.2. The van der Waals surface area contributed by atoms with E-state index in [-0.39, 0.29) is 31.0 Å². The SMILES string of the molecule is CC(C)Oc1cc(N2CC(=O)NC(=O)C2)ccc1N. The van der Waals surface area contributed by atoms with Gasteiger partial charge in [0.1, 0.15) is 5.75 Å². The Labute approximate surface area is 111 Å². The molecule has 102 valence electrons. The van der Waals surface area contributed by atoms with Crippen LogP contribution < -0.4 is 20.7 Å². The molecule has 1 aromatic rings. The first-order valence-electron chi connectivity index (χ1n) is 6.09. The summed E-state index contributed by atoms with van der Waals surface area (Å²) >= 11 is 0. The second-order valence-electron chi connectivity index (χ2n) is 4.72. The van der Waals surface area contributed by atoms with Crippen LogP contribution in [0.15, 0.2) is 18.2 Å². The zero-order chi connectivity index (χ0) is 14.0. The molecule has 1 aliphatic heterocycles. The number of imide groups is 1. The maximum Gasteiger partial charge on any atom is 0.246 e. The minimum absolute atomic E-state index is 0.00355. The zero-order valence-corrected chi connectivity index (χ0v) is 11.0. The molecule has 6 heteroatoms. The van der Waals surface area contributed by atoms with Gasteiger partial charge in [-0.15, -0.1) is 0 Å². The van der Waals surface area contributed by atoms with Crippen LogP contribution in [-0.2, 0) is 9.59 Å². The lowest BCUT2D eigenvalue weighted by atomic mass is 10.2. The third kappa shape index (κ3) is 3.15. The predicted octanol–water partition coefficient (Wildman–Crippen LogP) is 0.519. The molecule has 1 saturated heterocycles. The summed E-state index contributed by atoms with van der Waals surface area (Å²) in [7, 11) is 0.